The van der Waals surface area contributed by atoms with Crippen LogP contribution in [0.5, 0.6) is 0 Å². The van der Waals surface area contributed by atoms with Gasteiger partial charge in [-0.3, -0.25) is 0 Å². The zero-order chi connectivity index (χ0) is 17.3. The van der Waals surface area contributed by atoms with Crippen LogP contribution in [-0.2, 0) is 16.3 Å². The van der Waals surface area contributed by atoms with Crippen molar-refractivity contribution in [1.82, 2.24) is 4.98 Å². The molecule has 124 valence electrons. The molecule has 3 nitrogen and oxygen atoms in total. The van der Waals surface area contributed by atoms with E-state index in [-0.39, 0.29) is 0 Å². The maximum Gasteiger partial charge on any atom is 0.175 e. The van der Waals surface area contributed by atoms with E-state index in [4.69, 9.17) is 4.98 Å². The zero-order valence-electron chi connectivity index (χ0n) is 13.9. The number of thiazole rings is 1. The minimum absolute atomic E-state index is 0.331. The van der Waals surface area contributed by atoms with Gasteiger partial charge in [-0.15, -0.1) is 11.3 Å². The highest BCUT2D eigenvalue weighted by Gasteiger charge is 2.10. The molecule has 0 aliphatic heterocycles. The molecule has 0 amide bonds. The number of hydrogen-bond acceptors (Lipinski definition) is 4. The van der Waals surface area contributed by atoms with Gasteiger partial charge in [0, 0.05) is 23.6 Å². The summed E-state index contributed by atoms with van der Waals surface area (Å²) in [6.07, 6.45) is 2.03. The third-order valence-electron chi connectivity index (χ3n) is 3.98. The first kappa shape index (κ1) is 16.9. The Balaban J connectivity index is 1.84. The molecule has 2 aromatic carbocycles. The van der Waals surface area contributed by atoms with Gasteiger partial charge in [-0.2, -0.15) is 0 Å². The predicted octanol–water partition coefficient (Wildman–Crippen LogP) is 4.42. The molecule has 0 aliphatic rings. The normalized spacial score (nSPS) is 11.6. The van der Waals surface area contributed by atoms with Crippen molar-refractivity contribution in [3.63, 3.8) is 0 Å². The second kappa shape index (κ2) is 6.49. The predicted molar refractivity (Wildman–Crippen MR) is 99.4 cm³/mol. The number of rotatable bonds is 4. The van der Waals surface area contributed by atoms with Crippen molar-refractivity contribution in [3.05, 3.63) is 69.5 Å². The summed E-state index contributed by atoms with van der Waals surface area (Å²) < 4.78 is 23.1. The molecule has 24 heavy (non-hydrogen) atoms. The van der Waals surface area contributed by atoms with Crippen LogP contribution < -0.4 is 0 Å². The van der Waals surface area contributed by atoms with E-state index in [0.717, 1.165) is 22.7 Å². The summed E-state index contributed by atoms with van der Waals surface area (Å²) in [5.41, 5.74) is 5.65. The first-order valence-corrected chi connectivity index (χ1v) is 10.4. The molecule has 0 radical (unpaired) electrons. The first-order chi connectivity index (χ1) is 11.3. The highest BCUT2D eigenvalue weighted by atomic mass is 32.2. The molecule has 3 rings (SSSR count). The Labute approximate surface area is 146 Å². The molecule has 0 spiro atoms. The number of aromatic nitrogens is 1. The number of benzene rings is 2. The van der Waals surface area contributed by atoms with Crippen molar-refractivity contribution in [3.8, 4) is 11.3 Å². The van der Waals surface area contributed by atoms with Crippen molar-refractivity contribution in [2.75, 3.05) is 6.26 Å². The fourth-order valence-electron chi connectivity index (χ4n) is 2.55. The lowest BCUT2D eigenvalue weighted by molar-refractivity contribution is 0.602. The van der Waals surface area contributed by atoms with Gasteiger partial charge in [0.05, 0.1) is 15.6 Å². The number of hydrogen-bond donors (Lipinski definition) is 0. The monoisotopic (exact) mass is 357 g/mol. The van der Waals surface area contributed by atoms with Gasteiger partial charge >= 0.3 is 0 Å². The molecule has 0 bridgehead atoms. The third kappa shape index (κ3) is 3.74. The zero-order valence-corrected chi connectivity index (χ0v) is 15.5. The lowest BCUT2D eigenvalue weighted by Gasteiger charge is -2.05. The molecular weight excluding hydrogens is 338 g/mol. The van der Waals surface area contributed by atoms with Crippen molar-refractivity contribution in [2.45, 2.75) is 25.2 Å². The van der Waals surface area contributed by atoms with Crippen LogP contribution in [0.2, 0.25) is 0 Å². The second-order valence-electron chi connectivity index (χ2n) is 6.03. The fourth-order valence-corrected chi connectivity index (χ4v) is 4.01. The number of sulfone groups is 1. The Kier molecular flexibility index (Phi) is 4.56. The van der Waals surface area contributed by atoms with Crippen molar-refractivity contribution in [1.29, 1.82) is 0 Å². The third-order valence-corrected chi connectivity index (χ3v) is 5.95. The fraction of sp³-hybridized carbons (Fsp3) is 0.211. The summed E-state index contributed by atoms with van der Waals surface area (Å²) >= 11 is 1.63. The van der Waals surface area contributed by atoms with Gasteiger partial charge in [0.1, 0.15) is 0 Å². The van der Waals surface area contributed by atoms with Gasteiger partial charge < -0.3 is 0 Å². The van der Waals surface area contributed by atoms with E-state index in [1.165, 1.54) is 22.9 Å². The van der Waals surface area contributed by atoms with E-state index in [1.807, 2.05) is 17.5 Å². The smallest absolute Gasteiger partial charge is 0.175 e. The Morgan fingerprint density at radius 3 is 2.42 bits per heavy atom. The largest absolute Gasteiger partial charge is 0.241 e. The average molecular weight is 358 g/mol. The molecule has 0 fully saturated rings. The molecule has 5 heteroatoms. The highest BCUT2D eigenvalue weighted by Crippen LogP contribution is 2.25. The average Bonchev–Trinajstić information content (AvgIpc) is 2.99. The highest BCUT2D eigenvalue weighted by molar-refractivity contribution is 7.90. The molecule has 0 unspecified atom stereocenters. The standard InChI is InChI=1S/C19H19NO2S2/c1-13-4-5-14(2)16(10-13)11-19-20-18(12-23-19)15-6-8-17(9-7-15)24(3,21)22/h4-10,12H,11H2,1-3H3. The van der Waals surface area contributed by atoms with Crippen LogP contribution in [0.25, 0.3) is 11.3 Å². The Morgan fingerprint density at radius 2 is 1.75 bits per heavy atom. The summed E-state index contributed by atoms with van der Waals surface area (Å²) in [6, 6.07) is 13.4. The van der Waals surface area contributed by atoms with E-state index in [0.29, 0.717) is 4.90 Å². The molecule has 1 aromatic heterocycles. The number of aryl methyl sites for hydroxylation is 2. The lowest BCUT2D eigenvalue weighted by Crippen LogP contribution is -1.96. The molecule has 0 aliphatic carbocycles. The van der Waals surface area contributed by atoms with Gasteiger partial charge in [0.2, 0.25) is 0 Å². The van der Waals surface area contributed by atoms with Crippen LogP contribution in [0.3, 0.4) is 0 Å². The van der Waals surface area contributed by atoms with E-state index in [9.17, 15) is 8.42 Å². The van der Waals surface area contributed by atoms with Crippen molar-refractivity contribution >= 4 is 21.2 Å². The van der Waals surface area contributed by atoms with Crippen LogP contribution >= 0.6 is 11.3 Å². The molecule has 0 saturated carbocycles. The van der Waals surface area contributed by atoms with Crippen LogP contribution in [0.4, 0.5) is 0 Å². The summed E-state index contributed by atoms with van der Waals surface area (Å²) in [5.74, 6) is 0. The van der Waals surface area contributed by atoms with Gasteiger partial charge in [-0.25, -0.2) is 13.4 Å². The summed E-state index contributed by atoms with van der Waals surface area (Å²) in [6.45, 7) is 4.22. The van der Waals surface area contributed by atoms with Crippen molar-refractivity contribution < 1.29 is 8.42 Å². The van der Waals surface area contributed by atoms with Crippen LogP contribution in [0.15, 0.2) is 52.7 Å². The van der Waals surface area contributed by atoms with E-state index in [2.05, 4.69) is 32.0 Å². The molecule has 0 saturated heterocycles. The Hall–Kier alpha value is -1.98. The molecule has 3 aromatic rings. The minimum atomic E-state index is -3.16. The van der Waals surface area contributed by atoms with Gasteiger partial charge in [-0.05, 0) is 37.1 Å². The summed E-state index contributed by atoms with van der Waals surface area (Å²) in [7, 11) is -3.16. The summed E-state index contributed by atoms with van der Waals surface area (Å²) in [5, 5.41) is 3.08. The molecule has 1 heterocycles. The summed E-state index contributed by atoms with van der Waals surface area (Å²) in [4.78, 5) is 5.04. The van der Waals surface area contributed by atoms with Crippen LogP contribution in [0.1, 0.15) is 21.7 Å². The van der Waals surface area contributed by atoms with Gasteiger partial charge in [-0.1, -0.05) is 35.9 Å². The van der Waals surface area contributed by atoms with Crippen molar-refractivity contribution in [2.24, 2.45) is 0 Å². The number of nitrogens with zero attached hydrogens (tertiary/aromatic N) is 1. The maximum atomic E-state index is 11.5. The first-order valence-electron chi connectivity index (χ1n) is 7.64. The molecule has 0 atom stereocenters. The van der Waals surface area contributed by atoms with Gasteiger partial charge in [0.25, 0.3) is 0 Å². The Bertz CT molecular complexity index is 971. The van der Waals surface area contributed by atoms with Crippen LogP contribution in [0, 0.1) is 13.8 Å². The molecular formula is C19H19NO2S2. The van der Waals surface area contributed by atoms with E-state index >= 15 is 0 Å². The maximum absolute atomic E-state index is 11.5. The SMILES string of the molecule is Cc1ccc(C)c(Cc2nc(-c3ccc(S(C)(=O)=O)cc3)cs2)c1. The molecule has 0 N–H and O–H groups in total. The lowest BCUT2D eigenvalue weighted by atomic mass is 10.0. The second-order valence-corrected chi connectivity index (χ2v) is 8.99. The van der Waals surface area contributed by atoms with Gasteiger partial charge in [0.15, 0.2) is 9.84 Å². The van der Waals surface area contributed by atoms with E-state index in [1.54, 1.807) is 23.5 Å². The van der Waals surface area contributed by atoms with Crippen LogP contribution in [-0.4, -0.2) is 19.7 Å². The quantitative estimate of drug-likeness (QED) is 0.694. The minimum Gasteiger partial charge on any atom is -0.241 e. The Morgan fingerprint density at radius 1 is 1.04 bits per heavy atom. The topological polar surface area (TPSA) is 47.0 Å². The van der Waals surface area contributed by atoms with E-state index < -0.39 is 9.84 Å².